The largest absolute Gasteiger partial charge is 0.396 e. The predicted octanol–water partition coefficient (Wildman–Crippen LogP) is 0.152. The van der Waals surface area contributed by atoms with Crippen molar-refractivity contribution in [2.75, 3.05) is 19.7 Å². The normalized spacial score (nSPS) is 23.4. The topological polar surface area (TPSA) is 52.6 Å². The molecule has 2 N–H and O–H groups in total. The Kier molecular flexibility index (Phi) is 3.06. The maximum absolute atomic E-state index is 12.2. The lowest BCUT2D eigenvalue weighted by Gasteiger charge is -2.41. The number of hydrogen-bond acceptors (Lipinski definition) is 3. The van der Waals surface area contributed by atoms with Gasteiger partial charge in [0, 0.05) is 32.2 Å². The first kappa shape index (κ1) is 11.7. The van der Waals surface area contributed by atoms with Crippen LogP contribution in [0.4, 0.5) is 0 Å². The van der Waals surface area contributed by atoms with Crippen LogP contribution in [0.3, 0.4) is 0 Å². The van der Waals surface area contributed by atoms with E-state index in [0.29, 0.717) is 13.1 Å². The first-order chi connectivity index (χ1) is 8.78. The Labute approximate surface area is 107 Å². The Bertz CT molecular complexity index is 455. The monoisotopic (exact) mass is 246 g/mol. The molecule has 0 spiro atoms. The molecule has 0 radical (unpaired) electrons. The van der Waals surface area contributed by atoms with Crippen molar-refractivity contribution in [2.24, 2.45) is 5.92 Å². The van der Waals surface area contributed by atoms with Gasteiger partial charge in [-0.2, -0.15) is 0 Å². The number of nitrogens with one attached hydrogen (secondary N) is 1. The van der Waals surface area contributed by atoms with Gasteiger partial charge in [0.15, 0.2) is 0 Å². The summed E-state index contributed by atoms with van der Waals surface area (Å²) in [6.07, 6.45) is 0.773. The van der Waals surface area contributed by atoms with Crippen LogP contribution in [0.15, 0.2) is 24.3 Å². The highest BCUT2D eigenvalue weighted by Gasteiger charge is 2.35. The van der Waals surface area contributed by atoms with Crippen LogP contribution in [0, 0.1) is 5.92 Å². The zero-order valence-corrected chi connectivity index (χ0v) is 10.3. The molecule has 96 valence electrons. The molecule has 1 atom stereocenters. The summed E-state index contributed by atoms with van der Waals surface area (Å²) in [5.41, 5.74) is 2.56. The zero-order valence-electron chi connectivity index (χ0n) is 10.3. The molecule has 1 aromatic carbocycles. The molecule has 2 aliphatic rings. The molecule has 0 unspecified atom stereocenters. The second kappa shape index (κ2) is 4.71. The summed E-state index contributed by atoms with van der Waals surface area (Å²) < 4.78 is 0. The number of amides is 1. The third-order valence-electron chi connectivity index (χ3n) is 3.91. The quantitative estimate of drug-likeness (QED) is 0.781. The molecule has 1 amide bonds. The molecule has 1 aromatic rings. The van der Waals surface area contributed by atoms with E-state index in [1.165, 1.54) is 11.1 Å². The maximum atomic E-state index is 12.2. The minimum Gasteiger partial charge on any atom is -0.396 e. The highest BCUT2D eigenvalue weighted by molar-refractivity contribution is 5.83. The van der Waals surface area contributed by atoms with E-state index < -0.39 is 0 Å². The van der Waals surface area contributed by atoms with Crippen molar-refractivity contribution in [3.63, 3.8) is 0 Å². The molecule has 18 heavy (non-hydrogen) atoms. The van der Waals surface area contributed by atoms with Crippen molar-refractivity contribution in [3.05, 3.63) is 35.4 Å². The van der Waals surface area contributed by atoms with Crippen LogP contribution in [0.2, 0.25) is 0 Å². The van der Waals surface area contributed by atoms with E-state index in [2.05, 4.69) is 17.4 Å². The first-order valence-corrected chi connectivity index (χ1v) is 6.47. The van der Waals surface area contributed by atoms with Gasteiger partial charge in [-0.3, -0.25) is 4.79 Å². The molecule has 1 saturated heterocycles. The first-order valence-electron chi connectivity index (χ1n) is 6.47. The molecular formula is C14H18N2O2. The van der Waals surface area contributed by atoms with Gasteiger partial charge in [0.1, 0.15) is 0 Å². The van der Waals surface area contributed by atoms with Gasteiger partial charge >= 0.3 is 0 Å². The average Bonchev–Trinajstić information content (AvgIpc) is 2.37. The number of fused-ring (bicyclic) bond motifs is 1. The summed E-state index contributed by atoms with van der Waals surface area (Å²) in [7, 11) is 0. The van der Waals surface area contributed by atoms with Crippen molar-refractivity contribution >= 4 is 5.91 Å². The van der Waals surface area contributed by atoms with Gasteiger partial charge in [0.25, 0.3) is 0 Å². The number of nitrogens with zero attached hydrogens (tertiary/aromatic N) is 1. The number of aliphatic hydroxyl groups is 1. The molecule has 2 aliphatic heterocycles. The number of rotatable bonds is 2. The van der Waals surface area contributed by atoms with E-state index in [-0.39, 0.29) is 24.5 Å². The van der Waals surface area contributed by atoms with Crippen LogP contribution in [0.1, 0.15) is 11.1 Å². The van der Waals surface area contributed by atoms with Gasteiger partial charge < -0.3 is 15.3 Å². The van der Waals surface area contributed by atoms with E-state index in [1.54, 1.807) is 0 Å². The summed E-state index contributed by atoms with van der Waals surface area (Å²) in [6, 6.07) is 8.16. The second-order valence-corrected chi connectivity index (χ2v) is 5.20. The minimum atomic E-state index is -0.0976. The van der Waals surface area contributed by atoms with E-state index in [1.807, 2.05) is 17.0 Å². The number of aliphatic hydroxyl groups excluding tert-OH is 1. The Morgan fingerprint density at radius 2 is 2.06 bits per heavy atom. The molecule has 0 aromatic heterocycles. The third-order valence-corrected chi connectivity index (χ3v) is 3.91. The highest BCUT2D eigenvalue weighted by Crippen LogP contribution is 2.21. The molecule has 0 bridgehead atoms. The van der Waals surface area contributed by atoms with Crippen LogP contribution in [0.25, 0.3) is 0 Å². The molecule has 4 nitrogen and oxygen atoms in total. The van der Waals surface area contributed by atoms with E-state index in [9.17, 15) is 4.79 Å². The van der Waals surface area contributed by atoms with Gasteiger partial charge in [-0.1, -0.05) is 24.3 Å². The van der Waals surface area contributed by atoms with Gasteiger partial charge in [-0.05, 0) is 17.5 Å². The summed E-state index contributed by atoms with van der Waals surface area (Å²) >= 11 is 0. The van der Waals surface area contributed by atoms with Crippen LogP contribution < -0.4 is 5.32 Å². The Balaban J connectivity index is 1.64. The third kappa shape index (κ3) is 2.02. The molecular weight excluding hydrogens is 228 g/mol. The molecule has 4 heteroatoms. The number of hydrogen-bond donors (Lipinski definition) is 2. The van der Waals surface area contributed by atoms with Crippen molar-refractivity contribution in [1.29, 1.82) is 0 Å². The van der Waals surface area contributed by atoms with Crippen molar-refractivity contribution in [2.45, 2.75) is 19.0 Å². The number of likely N-dealkylation sites (tertiary alicyclic amines) is 1. The van der Waals surface area contributed by atoms with Crippen molar-refractivity contribution < 1.29 is 9.90 Å². The number of benzene rings is 1. The summed E-state index contributed by atoms with van der Waals surface area (Å²) in [5.74, 6) is 0.457. The van der Waals surface area contributed by atoms with Crippen LogP contribution in [-0.2, 0) is 17.8 Å². The zero-order chi connectivity index (χ0) is 12.5. The fourth-order valence-electron chi connectivity index (χ4n) is 2.71. The SMILES string of the molecule is O=C([C@@H]1Cc2ccccc2CN1)N1CC(CO)C1. The van der Waals surface area contributed by atoms with Gasteiger partial charge in [-0.15, -0.1) is 0 Å². The van der Waals surface area contributed by atoms with Crippen LogP contribution in [0.5, 0.6) is 0 Å². The number of carbonyl (C=O) groups excluding carboxylic acids is 1. The smallest absolute Gasteiger partial charge is 0.240 e. The van der Waals surface area contributed by atoms with Gasteiger partial charge in [0.05, 0.1) is 6.04 Å². The number of carbonyl (C=O) groups is 1. The molecule has 3 rings (SSSR count). The minimum absolute atomic E-state index is 0.0976. The van der Waals surface area contributed by atoms with Crippen LogP contribution >= 0.6 is 0 Å². The lowest BCUT2D eigenvalue weighted by molar-refractivity contribution is -0.141. The van der Waals surface area contributed by atoms with E-state index in [0.717, 1.165) is 13.0 Å². The predicted molar refractivity (Wildman–Crippen MR) is 67.9 cm³/mol. The van der Waals surface area contributed by atoms with Crippen molar-refractivity contribution in [1.82, 2.24) is 10.2 Å². The summed E-state index contributed by atoms with van der Waals surface area (Å²) in [5, 5.41) is 12.3. The highest BCUT2D eigenvalue weighted by atomic mass is 16.3. The standard InChI is InChI=1S/C14H18N2O2/c17-9-10-7-16(8-10)14(18)13-5-11-3-1-2-4-12(11)6-15-13/h1-4,10,13,15,17H,5-9H2/t13-/m0/s1. The van der Waals surface area contributed by atoms with Crippen molar-refractivity contribution in [3.8, 4) is 0 Å². The molecule has 1 fully saturated rings. The Hall–Kier alpha value is -1.39. The summed E-state index contributed by atoms with van der Waals surface area (Å²) in [6.45, 7) is 2.36. The second-order valence-electron chi connectivity index (χ2n) is 5.20. The summed E-state index contributed by atoms with van der Waals surface area (Å²) in [4.78, 5) is 14.1. The lowest BCUT2D eigenvalue weighted by atomic mass is 9.93. The molecule has 2 heterocycles. The Morgan fingerprint density at radius 1 is 1.33 bits per heavy atom. The molecule has 0 saturated carbocycles. The maximum Gasteiger partial charge on any atom is 0.240 e. The van der Waals surface area contributed by atoms with Gasteiger partial charge in [-0.25, -0.2) is 0 Å². The van der Waals surface area contributed by atoms with Crippen LogP contribution in [-0.4, -0.2) is 41.7 Å². The fraction of sp³-hybridized carbons (Fsp3) is 0.500. The fourth-order valence-corrected chi connectivity index (χ4v) is 2.71. The molecule has 0 aliphatic carbocycles. The van der Waals surface area contributed by atoms with E-state index >= 15 is 0 Å². The lowest BCUT2D eigenvalue weighted by Crippen LogP contribution is -2.58. The van der Waals surface area contributed by atoms with Gasteiger partial charge in [0.2, 0.25) is 5.91 Å². The Morgan fingerprint density at radius 3 is 2.78 bits per heavy atom. The van der Waals surface area contributed by atoms with E-state index in [4.69, 9.17) is 5.11 Å². The average molecular weight is 246 g/mol.